The Labute approximate surface area is 179 Å². The van der Waals surface area contributed by atoms with Crippen molar-refractivity contribution >= 4 is 11.0 Å². The fourth-order valence-corrected chi connectivity index (χ4v) is 3.37. The molecule has 0 atom stereocenters. The van der Waals surface area contributed by atoms with E-state index in [1.807, 2.05) is 0 Å². The van der Waals surface area contributed by atoms with Crippen LogP contribution >= 0.6 is 0 Å². The molecule has 0 radical (unpaired) electrons. The largest absolute Gasteiger partial charge is 0.499 e. The average molecular weight is 417 g/mol. The van der Waals surface area contributed by atoms with Crippen molar-refractivity contribution in [1.82, 2.24) is 0 Å². The van der Waals surface area contributed by atoms with Crippen LogP contribution < -0.4 is 15.1 Å². The van der Waals surface area contributed by atoms with Gasteiger partial charge in [0.25, 0.3) is 0 Å². The minimum absolute atomic E-state index is 0.156. The van der Waals surface area contributed by atoms with Gasteiger partial charge in [0.05, 0.1) is 13.2 Å². The quantitative estimate of drug-likeness (QED) is 0.197. The molecule has 0 aliphatic rings. The zero-order valence-electron chi connectivity index (χ0n) is 18.5. The first-order valence-electron chi connectivity index (χ1n) is 11.4. The fraction of sp³-hybridized carbons (Fsp3) is 0.560. The number of hydrogen-bond donors (Lipinski definition) is 1. The minimum Gasteiger partial charge on any atom is -0.499 e. The summed E-state index contributed by atoms with van der Waals surface area (Å²) in [5, 5.41) is 10.8. The molecule has 1 heterocycles. The molecule has 5 heteroatoms. The second-order valence-corrected chi connectivity index (χ2v) is 7.54. The summed E-state index contributed by atoms with van der Waals surface area (Å²) in [5.74, 6) is 0.204. The van der Waals surface area contributed by atoms with E-state index in [4.69, 9.17) is 13.9 Å². The molecular weight excluding hydrogens is 380 g/mol. The van der Waals surface area contributed by atoms with E-state index >= 15 is 0 Å². The zero-order valence-corrected chi connectivity index (χ0v) is 18.5. The summed E-state index contributed by atoms with van der Waals surface area (Å²) in [6.07, 6.45) is 15.5. The molecular formula is C25H36O5. The molecule has 0 bridgehead atoms. The number of rotatable bonds is 15. The van der Waals surface area contributed by atoms with E-state index < -0.39 is 11.4 Å². The molecule has 0 aliphatic carbocycles. The average Bonchev–Trinajstić information content (AvgIpc) is 2.75. The lowest BCUT2D eigenvalue weighted by molar-refractivity contribution is 0.282. The van der Waals surface area contributed by atoms with Crippen LogP contribution in [0.2, 0.25) is 0 Å². The van der Waals surface area contributed by atoms with Gasteiger partial charge in [-0.05, 0) is 31.4 Å². The maximum atomic E-state index is 12.0. The summed E-state index contributed by atoms with van der Waals surface area (Å²) in [6.45, 7) is 5.24. The highest BCUT2D eigenvalue weighted by atomic mass is 16.5. The van der Waals surface area contributed by atoms with Gasteiger partial charge in [0.1, 0.15) is 16.7 Å². The summed E-state index contributed by atoms with van der Waals surface area (Å²) in [7, 11) is 0. The maximum absolute atomic E-state index is 12.0. The third-order valence-electron chi connectivity index (χ3n) is 5.01. The van der Waals surface area contributed by atoms with Gasteiger partial charge in [-0.25, -0.2) is 4.79 Å². The van der Waals surface area contributed by atoms with Crippen LogP contribution in [0.1, 0.15) is 78.1 Å². The molecule has 30 heavy (non-hydrogen) atoms. The molecule has 0 amide bonds. The van der Waals surface area contributed by atoms with Gasteiger partial charge in [-0.1, -0.05) is 77.0 Å². The molecule has 5 nitrogen and oxygen atoms in total. The highest BCUT2D eigenvalue weighted by Crippen LogP contribution is 2.38. The Bertz CT molecular complexity index is 837. The number of hydrogen-bond acceptors (Lipinski definition) is 5. The van der Waals surface area contributed by atoms with Crippen molar-refractivity contribution in [1.29, 1.82) is 0 Å². The van der Waals surface area contributed by atoms with Crippen LogP contribution in [0, 0.1) is 0 Å². The number of allylic oxidation sites excluding steroid dienone is 1. The highest BCUT2D eigenvalue weighted by molar-refractivity contribution is 5.91. The molecule has 0 saturated heterocycles. The van der Waals surface area contributed by atoms with Crippen molar-refractivity contribution in [3.05, 3.63) is 40.8 Å². The lowest BCUT2D eigenvalue weighted by atomic mass is 10.1. The van der Waals surface area contributed by atoms with Crippen molar-refractivity contribution in [3.8, 4) is 17.2 Å². The van der Waals surface area contributed by atoms with Crippen LogP contribution in [0.3, 0.4) is 0 Å². The molecule has 0 fully saturated rings. The summed E-state index contributed by atoms with van der Waals surface area (Å²) < 4.78 is 17.0. The number of fused-ring (bicyclic) bond motifs is 1. The molecule has 0 unspecified atom stereocenters. The first kappa shape index (κ1) is 23.8. The normalized spacial score (nSPS) is 11.4. The second-order valence-electron chi connectivity index (χ2n) is 7.54. The van der Waals surface area contributed by atoms with Crippen molar-refractivity contribution in [2.75, 3.05) is 13.2 Å². The van der Waals surface area contributed by atoms with Gasteiger partial charge in [0.2, 0.25) is 5.75 Å². The number of aromatic hydroxyl groups is 1. The Morgan fingerprint density at radius 2 is 1.67 bits per heavy atom. The Balaban J connectivity index is 2.00. The van der Waals surface area contributed by atoms with Gasteiger partial charge < -0.3 is 19.0 Å². The van der Waals surface area contributed by atoms with E-state index in [9.17, 15) is 9.90 Å². The monoisotopic (exact) mass is 416 g/mol. The van der Waals surface area contributed by atoms with Crippen LogP contribution in [0.25, 0.3) is 11.0 Å². The third kappa shape index (κ3) is 7.43. The first-order valence-corrected chi connectivity index (χ1v) is 11.4. The smallest absolute Gasteiger partial charge is 0.382 e. The van der Waals surface area contributed by atoms with E-state index in [-0.39, 0.29) is 5.75 Å². The van der Waals surface area contributed by atoms with Crippen molar-refractivity contribution in [2.24, 2.45) is 0 Å². The second kappa shape index (κ2) is 13.7. The summed E-state index contributed by atoms with van der Waals surface area (Å²) >= 11 is 0. The highest BCUT2D eigenvalue weighted by Gasteiger charge is 2.19. The fourth-order valence-electron chi connectivity index (χ4n) is 3.37. The molecule has 2 aromatic rings. The van der Waals surface area contributed by atoms with E-state index in [2.05, 4.69) is 26.0 Å². The molecule has 0 spiro atoms. The lowest BCUT2D eigenvalue weighted by Crippen LogP contribution is -2.06. The molecule has 1 aromatic heterocycles. The molecule has 1 aromatic carbocycles. The predicted molar refractivity (Wildman–Crippen MR) is 122 cm³/mol. The maximum Gasteiger partial charge on any atom is 0.382 e. The summed E-state index contributed by atoms with van der Waals surface area (Å²) in [4.78, 5) is 12.0. The van der Waals surface area contributed by atoms with Gasteiger partial charge in [-0.15, -0.1) is 0 Å². The molecule has 2 rings (SSSR count). The van der Waals surface area contributed by atoms with Crippen molar-refractivity contribution in [2.45, 2.75) is 78.1 Å². The SMILES string of the molecule is CCC=CCCOc1cccc2oc(=O)c(O)c(OCCCCCCCCCC)c12. The van der Waals surface area contributed by atoms with Crippen molar-refractivity contribution < 1.29 is 19.0 Å². The van der Waals surface area contributed by atoms with E-state index in [0.717, 1.165) is 25.7 Å². The number of unbranched alkanes of at least 4 members (excludes halogenated alkanes) is 7. The Kier molecular flexibility index (Phi) is 10.9. The number of benzene rings is 1. The van der Waals surface area contributed by atoms with E-state index in [0.29, 0.717) is 29.9 Å². The van der Waals surface area contributed by atoms with Crippen LogP contribution in [0.5, 0.6) is 17.2 Å². The van der Waals surface area contributed by atoms with Crippen LogP contribution in [-0.2, 0) is 0 Å². The lowest BCUT2D eigenvalue weighted by Gasteiger charge is -2.13. The molecule has 0 aliphatic heterocycles. The predicted octanol–water partition coefficient (Wildman–Crippen LogP) is 6.75. The Hall–Kier alpha value is -2.43. The van der Waals surface area contributed by atoms with E-state index in [1.165, 1.54) is 38.5 Å². The van der Waals surface area contributed by atoms with Gasteiger partial charge in [-0.3, -0.25) is 0 Å². The van der Waals surface area contributed by atoms with Crippen LogP contribution in [0.15, 0.2) is 39.6 Å². The first-order chi connectivity index (χ1) is 14.7. The van der Waals surface area contributed by atoms with Gasteiger partial charge in [0, 0.05) is 0 Å². The molecule has 0 saturated carbocycles. The van der Waals surface area contributed by atoms with Gasteiger partial charge in [-0.2, -0.15) is 0 Å². The van der Waals surface area contributed by atoms with Crippen LogP contribution in [0.4, 0.5) is 0 Å². The van der Waals surface area contributed by atoms with Gasteiger partial charge in [0.15, 0.2) is 5.75 Å². The van der Waals surface area contributed by atoms with E-state index in [1.54, 1.807) is 18.2 Å². The topological polar surface area (TPSA) is 68.9 Å². The Morgan fingerprint density at radius 1 is 0.933 bits per heavy atom. The zero-order chi connectivity index (χ0) is 21.6. The number of ether oxygens (including phenoxy) is 2. The molecule has 1 N–H and O–H groups in total. The third-order valence-corrected chi connectivity index (χ3v) is 5.01. The standard InChI is InChI=1S/C25H36O5/c1-3-5-7-9-10-11-12-14-19-29-24-22-20(28-18-13-8-6-4-2)16-15-17-21(22)30-25(27)23(24)26/h6,8,15-17,26H,3-5,7,9-14,18-19H2,1-2H3. The van der Waals surface area contributed by atoms with Crippen molar-refractivity contribution in [3.63, 3.8) is 0 Å². The minimum atomic E-state index is -0.795. The summed E-state index contributed by atoms with van der Waals surface area (Å²) in [6, 6.07) is 5.25. The Morgan fingerprint density at radius 3 is 2.40 bits per heavy atom. The molecule has 166 valence electrons. The van der Waals surface area contributed by atoms with Crippen LogP contribution in [-0.4, -0.2) is 18.3 Å². The summed E-state index contributed by atoms with van der Waals surface area (Å²) in [5.41, 5.74) is -0.443. The van der Waals surface area contributed by atoms with Gasteiger partial charge >= 0.3 is 5.63 Å².